The molecule has 0 heterocycles. The van der Waals surface area contributed by atoms with Crippen LogP contribution in [0, 0.1) is 5.41 Å². The van der Waals surface area contributed by atoms with Crippen LogP contribution in [0.1, 0.15) is 52.4 Å². The monoisotopic (exact) mass is 282 g/mol. The van der Waals surface area contributed by atoms with Crippen LogP contribution in [0.5, 0.6) is 0 Å². The molecule has 0 bridgehead atoms. The first kappa shape index (κ1) is 16.5. The van der Waals surface area contributed by atoms with Crippen LogP contribution < -0.4 is 10.6 Å². The summed E-state index contributed by atoms with van der Waals surface area (Å²) < 4.78 is 0. The van der Waals surface area contributed by atoms with Crippen molar-refractivity contribution in [2.24, 2.45) is 5.41 Å². The summed E-state index contributed by atoms with van der Waals surface area (Å²) in [6, 6.07) is 0.111. The summed E-state index contributed by atoms with van der Waals surface area (Å²) in [7, 11) is 0. The van der Waals surface area contributed by atoms with Crippen LogP contribution in [0.25, 0.3) is 0 Å². The van der Waals surface area contributed by atoms with Gasteiger partial charge in [0, 0.05) is 19.0 Å². The number of carbonyl (C=O) groups excluding carboxylic acids is 1. The fourth-order valence-electron chi connectivity index (χ4n) is 2.25. The lowest BCUT2D eigenvalue weighted by molar-refractivity contribution is -0.137. The predicted molar refractivity (Wildman–Crippen MR) is 78.6 cm³/mol. The highest BCUT2D eigenvalue weighted by Gasteiger charge is 2.19. The summed E-state index contributed by atoms with van der Waals surface area (Å²) in [4.78, 5) is 22.3. The first-order chi connectivity index (χ1) is 9.39. The van der Waals surface area contributed by atoms with Gasteiger partial charge in [0.05, 0.1) is 0 Å². The van der Waals surface area contributed by atoms with E-state index < -0.39 is 5.97 Å². The Morgan fingerprint density at radius 1 is 1.30 bits per heavy atom. The van der Waals surface area contributed by atoms with E-state index in [4.69, 9.17) is 5.11 Å². The van der Waals surface area contributed by atoms with Crippen molar-refractivity contribution in [1.29, 1.82) is 0 Å². The number of carboxylic acids is 1. The minimum Gasteiger partial charge on any atom is -0.481 e. The van der Waals surface area contributed by atoms with Crippen molar-refractivity contribution >= 4 is 12.0 Å². The second-order valence-electron chi connectivity index (χ2n) is 6.19. The van der Waals surface area contributed by atoms with Crippen LogP contribution in [0.15, 0.2) is 12.2 Å². The average Bonchev–Trinajstić information content (AvgIpc) is 2.37. The molecule has 0 aromatic heterocycles. The minimum atomic E-state index is -0.769. The Hall–Kier alpha value is -1.52. The van der Waals surface area contributed by atoms with E-state index in [0.29, 0.717) is 13.0 Å². The molecule has 0 aromatic carbocycles. The van der Waals surface area contributed by atoms with E-state index in [0.717, 1.165) is 25.7 Å². The summed E-state index contributed by atoms with van der Waals surface area (Å²) >= 11 is 0. The van der Waals surface area contributed by atoms with Gasteiger partial charge in [0.2, 0.25) is 0 Å². The number of rotatable bonds is 7. The van der Waals surface area contributed by atoms with E-state index in [-0.39, 0.29) is 23.9 Å². The number of nitrogens with one attached hydrogen (secondary N) is 2. The molecular formula is C15H26N2O3. The molecule has 1 atom stereocenters. The molecule has 0 aromatic rings. The van der Waals surface area contributed by atoms with Gasteiger partial charge in [0.15, 0.2) is 0 Å². The van der Waals surface area contributed by atoms with Gasteiger partial charge >= 0.3 is 12.0 Å². The molecule has 5 heteroatoms. The van der Waals surface area contributed by atoms with Crippen molar-refractivity contribution in [3.8, 4) is 0 Å². The summed E-state index contributed by atoms with van der Waals surface area (Å²) in [6.07, 6.45) is 8.73. The molecule has 1 rings (SSSR count). The number of amides is 2. The molecule has 3 N–H and O–H groups in total. The molecule has 114 valence electrons. The highest BCUT2D eigenvalue weighted by atomic mass is 16.4. The lowest BCUT2D eigenvalue weighted by Crippen LogP contribution is -2.43. The van der Waals surface area contributed by atoms with Gasteiger partial charge in [0.25, 0.3) is 0 Å². The van der Waals surface area contributed by atoms with Crippen LogP contribution in [-0.2, 0) is 4.79 Å². The first-order valence-electron chi connectivity index (χ1n) is 7.30. The van der Waals surface area contributed by atoms with Crippen molar-refractivity contribution in [3.05, 3.63) is 12.2 Å². The zero-order valence-corrected chi connectivity index (χ0v) is 12.4. The van der Waals surface area contributed by atoms with Gasteiger partial charge in [-0.2, -0.15) is 0 Å². The summed E-state index contributed by atoms with van der Waals surface area (Å²) in [6.45, 7) is 4.63. The summed E-state index contributed by atoms with van der Waals surface area (Å²) in [5, 5.41) is 14.5. The summed E-state index contributed by atoms with van der Waals surface area (Å²) in [5.41, 5.74) is -0.0702. The maximum Gasteiger partial charge on any atom is 0.315 e. The lowest BCUT2D eigenvalue weighted by Gasteiger charge is -2.24. The number of carboxylic acid groups (broad SMARTS) is 1. The SMILES string of the molecule is CC(C)(CCNC(=O)NC1CC=CCC1)CCC(=O)O. The molecule has 0 radical (unpaired) electrons. The topological polar surface area (TPSA) is 78.4 Å². The second kappa shape index (κ2) is 7.92. The molecule has 0 fully saturated rings. The third-order valence-corrected chi connectivity index (χ3v) is 3.71. The second-order valence-corrected chi connectivity index (χ2v) is 6.19. The Kier molecular flexibility index (Phi) is 6.55. The van der Waals surface area contributed by atoms with E-state index in [2.05, 4.69) is 22.8 Å². The van der Waals surface area contributed by atoms with E-state index in [1.165, 1.54) is 0 Å². The molecular weight excluding hydrogens is 256 g/mol. The van der Waals surface area contributed by atoms with Gasteiger partial charge in [-0.25, -0.2) is 4.79 Å². The van der Waals surface area contributed by atoms with Crippen molar-refractivity contribution in [3.63, 3.8) is 0 Å². The molecule has 0 aliphatic heterocycles. The van der Waals surface area contributed by atoms with Gasteiger partial charge < -0.3 is 15.7 Å². The predicted octanol–water partition coefficient (Wildman–Crippen LogP) is 2.68. The smallest absolute Gasteiger partial charge is 0.315 e. The number of aliphatic carboxylic acids is 1. The Labute approximate surface area is 120 Å². The van der Waals surface area contributed by atoms with Crippen LogP contribution in [0.4, 0.5) is 4.79 Å². The van der Waals surface area contributed by atoms with Gasteiger partial charge in [-0.15, -0.1) is 0 Å². The van der Waals surface area contributed by atoms with Gasteiger partial charge in [-0.1, -0.05) is 26.0 Å². The number of urea groups is 1. The highest BCUT2D eigenvalue weighted by molar-refractivity contribution is 5.74. The van der Waals surface area contributed by atoms with Crippen molar-refractivity contribution in [2.45, 2.75) is 58.4 Å². The van der Waals surface area contributed by atoms with Crippen LogP contribution in [-0.4, -0.2) is 29.7 Å². The Bertz CT molecular complexity index is 364. The maximum atomic E-state index is 11.7. The van der Waals surface area contributed by atoms with Crippen LogP contribution in [0.2, 0.25) is 0 Å². The normalized spacial score (nSPS) is 18.6. The third kappa shape index (κ3) is 7.16. The maximum absolute atomic E-state index is 11.7. The zero-order valence-electron chi connectivity index (χ0n) is 12.4. The largest absolute Gasteiger partial charge is 0.481 e. The van der Waals surface area contributed by atoms with Gasteiger partial charge in [-0.05, 0) is 37.5 Å². The first-order valence-corrected chi connectivity index (χ1v) is 7.30. The molecule has 0 saturated carbocycles. The van der Waals surface area contributed by atoms with E-state index in [1.54, 1.807) is 0 Å². The minimum absolute atomic E-state index is 0.0702. The molecule has 1 aliphatic rings. The number of allylic oxidation sites excluding steroid dienone is 1. The fourth-order valence-corrected chi connectivity index (χ4v) is 2.25. The molecule has 0 saturated heterocycles. The molecule has 1 unspecified atom stereocenters. The van der Waals surface area contributed by atoms with Crippen molar-refractivity contribution < 1.29 is 14.7 Å². The van der Waals surface area contributed by atoms with Crippen LogP contribution >= 0.6 is 0 Å². The Balaban J connectivity index is 2.17. The Morgan fingerprint density at radius 2 is 2.05 bits per heavy atom. The molecule has 1 aliphatic carbocycles. The number of hydrogen-bond acceptors (Lipinski definition) is 2. The van der Waals surface area contributed by atoms with Gasteiger partial charge in [-0.3, -0.25) is 4.79 Å². The highest BCUT2D eigenvalue weighted by Crippen LogP contribution is 2.25. The molecule has 5 nitrogen and oxygen atoms in total. The number of carbonyl (C=O) groups is 2. The van der Waals surface area contributed by atoms with E-state index >= 15 is 0 Å². The Morgan fingerprint density at radius 3 is 2.65 bits per heavy atom. The van der Waals surface area contributed by atoms with Crippen LogP contribution in [0.3, 0.4) is 0 Å². The molecule has 20 heavy (non-hydrogen) atoms. The molecule has 0 spiro atoms. The zero-order chi connectivity index (χ0) is 15.0. The molecule has 2 amide bonds. The van der Waals surface area contributed by atoms with E-state index in [1.807, 2.05) is 13.8 Å². The third-order valence-electron chi connectivity index (χ3n) is 3.71. The van der Waals surface area contributed by atoms with Gasteiger partial charge in [0.1, 0.15) is 0 Å². The van der Waals surface area contributed by atoms with Crippen molar-refractivity contribution in [2.75, 3.05) is 6.54 Å². The standard InChI is InChI=1S/C15H26N2O3/c1-15(2,9-8-13(18)19)10-11-16-14(20)17-12-6-4-3-5-7-12/h3-4,12H,5-11H2,1-2H3,(H,18,19)(H2,16,17,20). The van der Waals surface area contributed by atoms with E-state index in [9.17, 15) is 9.59 Å². The lowest BCUT2D eigenvalue weighted by atomic mass is 9.84. The quantitative estimate of drug-likeness (QED) is 0.628. The average molecular weight is 282 g/mol. The fraction of sp³-hybridized carbons (Fsp3) is 0.733. The summed E-state index contributed by atoms with van der Waals surface area (Å²) in [5.74, 6) is -0.769. The number of hydrogen-bond donors (Lipinski definition) is 3. The van der Waals surface area contributed by atoms with Crippen molar-refractivity contribution in [1.82, 2.24) is 10.6 Å².